The molecule has 0 spiro atoms. The van der Waals surface area contributed by atoms with E-state index in [1.54, 1.807) is 30.1 Å². The first kappa shape index (κ1) is 10.7. The Labute approximate surface area is 103 Å². The molecule has 5 heteroatoms. The van der Waals surface area contributed by atoms with E-state index < -0.39 is 0 Å². The lowest BCUT2D eigenvalue weighted by Crippen LogP contribution is -2.12. The number of nitrogens with zero attached hydrogens (tertiary/aromatic N) is 2. The Morgan fingerprint density at radius 1 is 1.39 bits per heavy atom. The van der Waals surface area contributed by atoms with Crippen LogP contribution in [0.2, 0.25) is 0 Å². The molecule has 1 aliphatic heterocycles. The van der Waals surface area contributed by atoms with Gasteiger partial charge in [-0.25, -0.2) is 0 Å². The number of benzene rings is 1. The fourth-order valence-electron chi connectivity index (χ4n) is 2.06. The number of fused-ring (bicyclic) bond motifs is 1. The van der Waals surface area contributed by atoms with Crippen LogP contribution in [0.25, 0.3) is 0 Å². The van der Waals surface area contributed by atoms with E-state index in [1.807, 2.05) is 6.07 Å². The highest BCUT2D eigenvalue weighted by Crippen LogP contribution is 2.19. The number of carbonyl (C=O) groups excluding carboxylic acids is 2. The molecule has 0 aliphatic carbocycles. The molecule has 0 fully saturated rings. The van der Waals surface area contributed by atoms with Crippen LogP contribution in [0.1, 0.15) is 31.8 Å². The topological polar surface area (TPSA) is 64.0 Å². The number of hydrogen-bond acceptors (Lipinski definition) is 3. The molecular formula is C13H11N3O2. The maximum Gasteiger partial charge on any atom is 0.251 e. The van der Waals surface area contributed by atoms with Crippen molar-refractivity contribution in [3.05, 3.63) is 52.8 Å². The normalized spacial score (nSPS) is 13.3. The van der Waals surface area contributed by atoms with Crippen molar-refractivity contribution in [2.45, 2.75) is 6.54 Å². The van der Waals surface area contributed by atoms with Crippen molar-refractivity contribution < 1.29 is 9.59 Å². The van der Waals surface area contributed by atoms with Gasteiger partial charge in [0.25, 0.3) is 5.91 Å². The van der Waals surface area contributed by atoms with Gasteiger partial charge < -0.3 is 5.32 Å². The van der Waals surface area contributed by atoms with Crippen LogP contribution in [-0.4, -0.2) is 21.5 Å². The predicted octanol–water partition coefficient (Wildman–Crippen LogP) is 0.894. The van der Waals surface area contributed by atoms with Crippen LogP contribution in [0.4, 0.5) is 0 Å². The first-order valence-corrected chi connectivity index (χ1v) is 5.59. The van der Waals surface area contributed by atoms with Gasteiger partial charge in [-0.3, -0.25) is 14.3 Å². The second kappa shape index (κ2) is 3.80. The van der Waals surface area contributed by atoms with Gasteiger partial charge in [0.2, 0.25) is 0 Å². The number of aryl methyl sites for hydroxylation is 1. The monoisotopic (exact) mass is 241 g/mol. The van der Waals surface area contributed by atoms with Crippen LogP contribution in [0.5, 0.6) is 0 Å². The van der Waals surface area contributed by atoms with Crippen molar-refractivity contribution in [1.82, 2.24) is 15.1 Å². The van der Waals surface area contributed by atoms with Crippen molar-refractivity contribution in [1.29, 1.82) is 0 Å². The Morgan fingerprint density at radius 3 is 2.94 bits per heavy atom. The molecule has 0 radical (unpaired) electrons. The van der Waals surface area contributed by atoms with Crippen LogP contribution in [-0.2, 0) is 13.6 Å². The molecule has 0 saturated carbocycles. The second-order valence-electron chi connectivity index (χ2n) is 4.29. The fourth-order valence-corrected chi connectivity index (χ4v) is 2.06. The minimum Gasteiger partial charge on any atom is -0.348 e. The van der Waals surface area contributed by atoms with Crippen molar-refractivity contribution in [2.24, 2.45) is 7.05 Å². The van der Waals surface area contributed by atoms with E-state index in [1.165, 1.54) is 6.20 Å². The van der Waals surface area contributed by atoms with Gasteiger partial charge in [0.15, 0.2) is 5.78 Å². The number of amides is 1. The summed E-state index contributed by atoms with van der Waals surface area (Å²) in [7, 11) is 1.76. The summed E-state index contributed by atoms with van der Waals surface area (Å²) in [6.07, 6.45) is 3.19. The van der Waals surface area contributed by atoms with Crippen LogP contribution in [0.3, 0.4) is 0 Å². The van der Waals surface area contributed by atoms with Crippen LogP contribution in [0, 0.1) is 0 Å². The second-order valence-corrected chi connectivity index (χ2v) is 4.29. The van der Waals surface area contributed by atoms with E-state index in [4.69, 9.17) is 0 Å². The molecular weight excluding hydrogens is 230 g/mol. The van der Waals surface area contributed by atoms with Gasteiger partial charge in [-0.15, -0.1) is 0 Å². The van der Waals surface area contributed by atoms with Crippen LogP contribution < -0.4 is 5.32 Å². The molecule has 0 saturated heterocycles. The number of hydrogen-bond donors (Lipinski definition) is 1. The molecule has 5 nitrogen and oxygen atoms in total. The quantitative estimate of drug-likeness (QED) is 0.794. The lowest BCUT2D eigenvalue weighted by Gasteiger charge is -2.00. The van der Waals surface area contributed by atoms with Gasteiger partial charge in [-0.05, 0) is 11.6 Å². The summed E-state index contributed by atoms with van der Waals surface area (Å²) in [5, 5.41) is 6.70. The van der Waals surface area contributed by atoms with E-state index in [0.717, 1.165) is 5.56 Å². The summed E-state index contributed by atoms with van der Waals surface area (Å²) >= 11 is 0. The summed E-state index contributed by atoms with van der Waals surface area (Å²) in [6, 6.07) is 5.21. The molecule has 0 bridgehead atoms. The zero-order chi connectivity index (χ0) is 12.7. The Kier molecular flexibility index (Phi) is 2.26. The molecule has 90 valence electrons. The maximum absolute atomic E-state index is 12.2. The first-order chi connectivity index (χ1) is 8.65. The predicted molar refractivity (Wildman–Crippen MR) is 64.3 cm³/mol. The lowest BCUT2D eigenvalue weighted by atomic mass is 10.0. The zero-order valence-electron chi connectivity index (χ0n) is 9.80. The zero-order valence-corrected chi connectivity index (χ0v) is 9.80. The summed E-state index contributed by atoms with van der Waals surface area (Å²) < 4.78 is 1.58. The third kappa shape index (κ3) is 1.60. The molecule has 2 aromatic rings. The molecule has 1 aromatic carbocycles. The minimum absolute atomic E-state index is 0.120. The smallest absolute Gasteiger partial charge is 0.251 e. The Bertz CT molecular complexity index is 658. The number of nitrogens with one attached hydrogen (secondary N) is 1. The Morgan fingerprint density at radius 2 is 2.22 bits per heavy atom. The number of aromatic nitrogens is 2. The number of rotatable bonds is 2. The summed E-state index contributed by atoms with van der Waals surface area (Å²) in [6.45, 7) is 0.537. The van der Waals surface area contributed by atoms with Gasteiger partial charge >= 0.3 is 0 Å². The molecule has 1 N–H and O–H groups in total. The highest BCUT2D eigenvalue weighted by Gasteiger charge is 2.21. The van der Waals surface area contributed by atoms with Crippen molar-refractivity contribution in [3.8, 4) is 0 Å². The maximum atomic E-state index is 12.2. The summed E-state index contributed by atoms with van der Waals surface area (Å²) in [5.74, 6) is -0.239. The van der Waals surface area contributed by atoms with E-state index in [0.29, 0.717) is 23.2 Å². The third-order valence-corrected chi connectivity index (χ3v) is 3.02. The van der Waals surface area contributed by atoms with Crippen molar-refractivity contribution in [2.75, 3.05) is 0 Å². The number of carbonyl (C=O) groups is 2. The van der Waals surface area contributed by atoms with E-state index in [2.05, 4.69) is 10.4 Å². The van der Waals surface area contributed by atoms with Gasteiger partial charge in [0.05, 0.1) is 11.8 Å². The molecule has 0 unspecified atom stereocenters. The van der Waals surface area contributed by atoms with Gasteiger partial charge in [0.1, 0.15) is 0 Å². The van der Waals surface area contributed by atoms with E-state index in [9.17, 15) is 9.59 Å². The molecule has 0 atom stereocenters. The third-order valence-electron chi connectivity index (χ3n) is 3.02. The SMILES string of the molecule is Cn1cc(C(=O)c2ccc3c(c2)C(=O)NC3)cn1. The minimum atomic E-state index is -0.120. The Hall–Kier alpha value is -2.43. The Balaban J connectivity index is 2.01. The van der Waals surface area contributed by atoms with Gasteiger partial charge in [-0.1, -0.05) is 12.1 Å². The average molecular weight is 241 g/mol. The average Bonchev–Trinajstić information content (AvgIpc) is 2.95. The molecule has 3 rings (SSSR count). The molecule has 1 amide bonds. The molecule has 18 heavy (non-hydrogen) atoms. The fraction of sp³-hybridized carbons (Fsp3) is 0.154. The molecule has 1 aliphatic rings. The summed E-state index contributed by atoms with van der Waals surface area (Å²) in [4.78, 5) is 23.7. The van der Waals surface area contributed by atoms with Gasteiger partial charge in [0, 0.05) is 30.9 Å². The molecule has 1 aromatic heterocycles. The lowest BCUT2D eigenvalue weighted by molar-refractivity contribution is 0.0965. The molecule has 2 heterocycles. The largest absolute Gasteiger partial charge is 0.348 e. The van der Waals surface area contributed by atoms with Gasteiger partial charge in [-0.2, -0.15) is 5.10 Å². The van der Waals surface area contributed by atoms with Crippen LogP contribution >= 0.6 is 0 Å². The van der Waals surface area contributed by atoms with Crippen LogP contribution in [0.15, 0.2) is 30.6 Å². The van der Waals surface area contributed by atoms with E-state index in [-0.39, 0.29) is 11.7 Å². The highest BCUT2D eigenvalue weighted by atomic mass is 16.2. The van der Waals surface area contributed by atoms with Crippen molar-refractivity contribution in [3.63, 3.8) is 0 Å². The van der Waals surface area contributed by atoms with E-state index >= 15 is 0 Å². The standard InChI is InChI=1S/C13H11N3O2/c1-16-7-10(6-15-16)12(17)8-2-3-9-5-14-13(18)11(9)4-8/h2-4,6-7H,5H2,1H3,(H,14,18). The summed E-state index contributed by atoms with van der Waals surface area (Å²) in [5.41, 5.74) is 2.56. The first-order valence-electron chi connectivity index (χ1n) is 5.59. The van der Waals surface area contributed by atoms with Crippen molar-refractivity contribution >= 4 is 11.7 Å². The highest BCUT2D eigenvalue weighted by molar-refractivity contribution is 6.10. The number of ketones is 1.